The molecule has 0 N–H and O–H groups in total. The number of likely N-dealkylation sites (tertiary alicyclic amines) is 1. The van der Waals surface area contributed by atoms with Crippen LogP contribution in [0, 0.1) is 0 Å². The molecule has 1 atom stereocenters. The zero-order valence-corrected chi connectivity index (χ0v) is 11.9. The number of carbonyl (C=O) groups is 1. The van der Waals surface area contributed by atoms with E-state index in [-0.39, 0.29) is 5.91 Å². The highest BCUT2D eigenvalue weighted by molar-refractivity contribution is 7.80. The first kappa shape index (κ1) is 13.4. The quantitative estimate of drug-likeness (QED) is 0.840. The van der Waals surface area contributed by atoms with Crippen LogP contribution in [0.4, 0.5) is 0 Å². The highest BCUT2D eigenvalue weighted by atomic mass is 32.1. The molecule has 0 aromatic heterocycles. The van der Waals surface area contributed by atoms with E-state index in [2.05, 4.69) is 31.6 Å². The number of thiol groups is 1. The molecule has 1 heterocycles. The van der Waals surface area contributed by atoms with Gasteiger partial charge in [-0.15, -0.1) is 12.6 Å². The topological polar surface area (TPSA) is 23.6 Å². The van der Waals surface area contributed by atoms with E-state index in [1.54, 1.807) is 0 Å². The lowest BCUT2D eigenvalue weighted by Crippen LogP contribution is -2.35. The third kappa shape index (κ3) is 3.27. The summed E-state index contributed by atoms with van der Waals surface area (Å²) >= 11 is 4.24. The summed E-state index contributed by atoms with van der Waals surface area (Å²) in [5, 5.41) is 0. The molecule has 0 radical (unpaired) electrons. The summed E-state index contributed by atoms with van der Waals surface area (Å²) in [5.41, 5.74) is 1.06. The maximum Gasteiger partial charge on any atom is 0.227 e. The van der Waals surface area contributed by atoms with Crippen LogP contribution in [0.5, 0.6) is 0 Å². The fourth-order valence-corrected chi connectivity index (χ4v) is 2.44. The fraction of sp³-hybridized carbons (Fsp3) is 0.500. The zero-order chi connectivity index (χ0) is 13.1. The van der Waals surface area contributed by atoms with Gasteiger partial charge in [0, 0.05) is 24.0 Å². The molecular weight excluding hydrogens is 244 g/mol. The summed E-state index contributed by atoms with van der Waals surface area (Å²) in [6.07, 6.45) is 1.57. The van der Waals surface area contributed by atoms with Crippen molar-refractivity contribution < 1.29 is 4.79 Å². The average molecular weight is 264 g/mol. The Hall–Kier alpha value is -1.00. The minimum absolute atomic E-state index is 0.228. The maximum atomic E-state index is 12.2. The summed E-state index contributed by atoms with van der Waals surface area (Å²) in [6.45, 7) is 1.74. The molecule has 2 rings (SSSR count). The van der Waals surface area contributed by atoms with Crippen molar-refractivity contribution >= 4 is 18.5 Å². The minimum Gasteiger partial charge on any atom is -0.341 e. The van der Waals surface area contributed by atoms with Crippen molar-refractivity contribution in [2.45, 2.75) is 23.8 Å². The summed E-state index contributed by atoms with van der Waals surface area (Å²) in [7, 11) is 4.15. The van der Waals surface area contributed by atoms with Gasteiger partial charge in [-0.3, -0.25) is 4.79 Å². The molecule has 4 heteroatoms. The number of hydrogen-bond acceptors (Lipinski definition) is 3. The molecule has 1 aliphatic heterocycles. The lowest BCUT2D eigenvalue weighted by atomic mass is 10.1. The molecule has 1 unspecified atom stereocenters. The number of likely N-dealkylation sites (N-methyl/N-ethyl adjacent to an activating group) is 1. The Kier molecular flexibility index (Phi) is 4.30. The van der Waals surface area contributed by atoms with Gasteiger partial charge in [-0.2, -0.15) is 0 Å². The van der Waals surface area contributed by atoms with Crippen molar-refractivity contribution in [2.75, 3.05) is 27.2 Å². The summed E-state index contributed by atoms with van der Waals surface area (Å²) in [5.74, 6) is 0.228. The van der Waals surface area contributed by atoms with Crippen molar-refractivity contribution in [3.8, 4) is 0 Å². The molecule has 3 nitrogen and oxygen atoms in total. The van der Waals surface area contributed by atoms with Crippen LogP contribution in [0.1, 0.15) is 12.0 Å². The monoisotopic (exact) mass is 264 g/mol. The lowest BCUT2D eigenvalue weighted by Gasteiger charge is -2.20. The second kappa shape index (κ2) is 5.76. The van der Waals surface area contributed by atoms with E-state index in [0.29, 0.717) is 12.5 Å². The van der Waals surface area contributed by atoms with Crippen LogP contribution in [0.2, 0.25) is 0 Å². The van der Waals surface area contributed by atoms with Crippen LogP contribution in [0.3, 0.4) is 0 Å². The summed E-state index contributed by atoms with van der Waals surface area (Å²) in [6, 6.07) is 8.31. The first-order valence-electron chi connectivity index (χ1n) is 6.28. The Morgan fingerprint density at radius 2 is 2.06 bits per heavy atom. The number of amides is 1. The fourth-order valence-electron chi connectivity index (χ4n) is 2.29. The molecule has 0 saturated carbocycles. The van der Waals surface area contributed by atoms with E-state index in [0.717, 1.165) is 30.0 Å². The molecule has 1 aromatic rings. The first-order valence-corrected chi connectivity index (χ1v) is 6.73. The highest BCUT2D eigenvalue weighted by Gasteiger charge is 2.27. The Morgan fingerprint density at radius 1 is 1.39 bits per heavy atom. The van der Waals surface area contributed by atoms with Gasteiger partial charge in [0.1, 0.15) is 0 Å². The minimum atomic E-state index is 0.228. The van der Waals surface area contributed by atoms with E-state index in [1.165, 1.54) is 0 Å². The molecule has 0 aliphatic carbocycles. The van der Waals surface area contributed by atoms with E-state index in [1.807, 2.05) is 29.2 Å². The van der Waals surface area contributed by atoms with Gasteiger partial charge < -0.3 is 9.80 Å². The van der Waals surface area contributed by atoms with Crippen LogP contribution < -0.4 is 0 Å². The molecule has 0 bridgehead atoms. The van der Waals surface area contributed by atoms with Gasteiger partial charge in [0.2, 0.25) is 5.91 Å². The molecule has 18 heavy (non-hydrogen) atoms. The molecule has 1 aromatic carbocycles. The number of carbonyl (C=O) groups excluding carboxylic acids is 1. The molecular formula is C14H20N2OS. The normalized spacial score (nSPS) is 19.6. The predicted octanol–water partition coefficient (Wildman–Crippen LogP) is 1.68. The Balaban J connectivity index is 1.91. The summed E-state index contributed by atoms with van der Waals surface area (Å²) in [4.78, 5) is 17.3. The van der Waals surface area contributed by atoms with Crippen LogP contribution in [0.25, 0.3) is 0 Å². The molecule has 1 fully saturated rings. The Labute approximate surface area is 114 Å². The third-order valence-electron chi connectivity index (χ3n) is 3.54. The predicted molar refractivity (Wildman–Crippen MR) is 76.1 cm³/mol. The van der Waals surface area contributed by atoms with E-state index in [9.17, 15) is 4.79 Å². The lowest BCUT2D eigenvalue weighted by molar-refractivity contribution is -0.129. The second-order valence-corrected chi connectivity index (χ2v) is 5.61. The van der Waals surface area contributed by atoms with Crippen LogP contribution in [-0.4, -0.2) is 48.9 Å². The number of benzene rings is 1. The van der Waals surface area contributed by atoms with Gasteiger partial charge in [-0.05, 0) is 38.2 Å². The first-order chi connectivity index (χ1) is 8.56. The van der Waals surface area contributed by atoms with Crippen molar-refractivity contribution in [2.24, 2.45) is 0 Å². The van der Waals surface area contributed by atoms with Gasteiger partial charge in [0.25, 0.3) is 0 Å². The van der Waals surface area contributed by atoms with Crippen LogP contribution >= 0.6 is 12.6 Å². The van der Waals surface area contributed by atoms with Gasteiger partial charge in [-0.1, -0.05) is 12.1 Å². The van der Waals surface area contributed by atoms with E-state index >= 15 is 0 Å². The Bertz CT molecular complexity index is 416. The smallest absolute Gasteiger partial charge is 0.227 e. The van der Waals surface area contributed by atoms with Gasteiger partial charge in [0.15, 0.2) is 0 Å². The van der Waals surface area contributed by atoms with Crippen molar-refractivity contribution in [3.63, 3.8) is 0 Å². The zero-order valence-electron chi connectivity index (χ0n) is 11.0. The average Bonchev–Trinajstić information content (AvgIpc) is 2.81. The highest BCUT2D eigenvalue weighted by Crippen LogP contribution is 2.15. The molecule has 1 aliphatic rings. The Morgan fingerprint density at radius 3 is 2.61 bits per heavy atom. The summed E-state index contributed by atoms with van der Waals surface area (Å²) < 4.78 is 0. The van der Waals surface area contributed by atoms with Crippen molar-refractivity contribution in [1.82, 2.24) is 9.80 Å². The van der Waals surface area contributed by atoms with Gasteiger partial charge >= 0.3 is 0 Å². The van der Waals surface area contributed by atoms with Crippen LogP contribution in [-0.2, 0) is 11.2 Å². The van der Waals surface area contributed by atoms with E-state index in [4.69, 9.17) is 0 Å². The maximum absolute atomic E-state index is 12.2. The van der Waals surface area contributed by atoms with Gasteiger partial charge in [-0.25, -0.2) is 0 Å². The van der Waals surface area contributed by atoms with Crippen molar-refractivity contribution in [1.29, 1.82) is 0 Å². The third-order valence-corrected chi connectivity index (χ3v) is 3.84. The molecule has 1 saturated heterocycles. The molecule has 1 amide bonds. The molecule has 98 valence electrons. The standard InChI is InChI=1S/C14H20N2OS/c1-15(2)12-7-8-16(10-12)14(17)9-11-3-5-13(18)6-4-11/h3-6,12,18H,7-10H2,1-2H3. The van der Waals surface area contributed by atoms with Gasteiger partial charge in [0.05, 0.1) is 6.42 Å². The number of rotatable bonds is 3. The van der Waals surface area contributed by atoms with E-state index < -0.39 is 0 Å². The second-order valence-electron chi connectivity index (χ2n) is 5.09. The van der Waals surface area contributed by atoms with Crippen LogP contribution in [0.15, 0.2) is 29.2 Å². The number of nitrogens with zero attached hydrogens (tertiary/aromatic N) is 2. The SMILES string of the molecule is CN(C)C1CCN(C(=O)Cc2ccc(S)cc2)C1. The largest absolute Gasteiger partial charge is 0.341 e. The number of hydrogen-bond donors (Lipinski definition) is 1. The molecule has 0 spiro atoms. The van der Waals surface area contributed by atoms with Crippen molar-refractivity contribution in [3.05, 3.63) is 29.8 Å².